The number of hydrogen-bond acceptors (Lipinski definition) is 6. The fraction of sp³-hybridized carbons (Fsp3) is 0.593. The number of aliphatic hydroxyl groups is 1. The third-order valence-corrected chi connectivity index (χ3v) is 7.76. The zero-order chi connectivity index (χ0) is 26.3. The van der Waals surface area contributed by atoms with Gasteiger partial charge in [-0.1, -0.05) is 40.7 Å². The third-order valence-electron chi connectivity index (χ3n) is 6.91. The Labute approximate surface area is 212 Å². The van der Waals surface area contributed by atoms with Crippen LogP contribution in [0.25, 0.3) is 0 Å². The van der Waals surface area contributed by atoms with Gasteiger partial charge in [-0.25, -0.2) is 9.78 Å². The first-order chi connectivity index (χ1) is 16.1. The van der Waals surface area contributed by atoms with E-state index in [1.807, 2.05) is 25.3 Å². The van der Waals surface area contributed by atoms with Gasteiger partial charge in [-0.3, -0.25) is 4.79 Å². The predicted octanol–water partition coefficient (Wildman–Crippen LogP) is 5.29. The summed E-state index contributed by atoms with van der Waals surface area (Å²) in [5, 5.41) is 24.2. The van der Waals surface area contributed by atoms with E-state index in [1.54, 1.807) is 39.3 Å². The number of amides is 1. The first kappa shape index (κ1) is 27.1. The smallest absolute Gasteiger partial charge is 0.329 e. The maximum Gasteiger partial charge on any atom is 0.329 e. The Hall–Kier alpha value is -2.45. The molecule has 0 bridgehead atoms. The minimum Gasteiger partial charge on any atom is -0.496 e. The molecule has 7 nitrogen and oxygen atoms in total. The van der Waals surface area contributed by atoms with Gasteiger partial charge in [0.2, 0.25) is 0 Å². The fourth-order valence-electron chi connectivity index (χ4n) is 5.36. The first-order valence-corrected chi connectivity index (χ1v) is 12.9. The van der Waals surface area contributed by atoms with Gasteiger partial charge in [-0.15, -0.1) is 11.3 Å². The molecule has 1 amide bonds. The van der Waals surface area contributed by atoms with Crippen molar-refractivity contribution in [3.8, 4) is 5.75 Å². The van der Waals surface area contributed by atoms with Crippen LogP contribution < -0.4 is 4.74 Å². The molecule has 3 atom stereocenters. The van der Waals surface area contributed by atoms with Gasteiger partial charge in [0.05, 0.1) is 18.8 Å². The van der Waals surface area contributed by atoms with Gasteiger partial charge in [0, 0.05) is 23.1 Å². The van der Waals surface area contributed by atoms with Crippen LogP contribution in [0.3, 0.4) is 0 Å². The fourth-order valence-corrected chi connectivity index (χ4v) is 6.15. The van der Waals surface area contributed by atoms with E-state index in [2.05, 4.69) is 25.8 Å². The number of methoxy groups -OCH3 is 1. The number of aliphatic carboxylic acids is 1. The van der Waals surface area contributed by atoms with E-state index in [4.69, 9.17) is 4.74 Å². The van der Waals surface area contributed by atoms with E-state index in [9.17, 15) is 19.8 Å². The number of nitrogens with zero attached hydrogens (tertiary/aromatic N) is 2. The molecule has 192 valence electrons. The van der Waals surface area contributed by atoms with E-state index in [-0.39, 0.29) is 24.2 Å². The average molecular weight is 503 g/mol. The molecule has 0 unspecified atom stereocenters. The Kier molecular flexibility index (Phi) is 7.40. The second-order valence-corrected chi connectivity index (χ2v) is 12.5. The van der Waals surface area contributed by atoms with Crippen LogP contribution in [0.4, 0.5) is 0 Å². The molecule has 0 spiro atoms. The number of rotatable bonds is 7. The number of likely N-dealkylation sites (tertiary alicyclic amines) is 1. The quantitative estimate of drug-likeness (QED) is 0.533. The highest BCUT2D eigenvalue weighted by Gasteiger charge is 2.62. The van der Waals surface area contributed by atoms with E-state index in [1.165, 1.54) is 16.2 Å². The number of thiazole rings is 1. The van der Waals surface area contributed by atoms with E-state index < -0.39 is 35.0 Å². The first-order valence-electron chi connectivity index (χ1n) is 12.0. The molecule has 35 heavy (non-hydrogen) atoms. The monoisotopic (exact) mass is 502 g/mol. The number of ether oxygens (including phenoxy) is 1. The maximum atomic E-state index is 14.3. The third kappa shape index (κ3) is 5.09. The summed E-state index contributed by atoms with van der Waals surface area (Å²) in [6.45, 7) is 13.4. The van der Waals surface area contributed by atoms with Crippen molar-refractivity contribution in [2.75, 3.05) is 7.11 Å². The van der Waals surface area contributed by atoms with Crippen LogP contribution in [0.1, 0.15) is 88.3 Å². The number of carbonyl (C=O) groups excluding carboxylic acids is 1. The lowest BCUT2D eigenvalue weighted by molar-refractivity contribution is -0.150. The van der Waals surface area contributed by atoms with Crippen molar-refractivity contribution < 1.29 is 24.5 Å². The van der Waals surface area contributed by atoms with Gasteiger partial charge >= 0.3 is 5.97 Å². The van der Waals surface area contributed by atoms with Crippen molar-refractivity contribution in [3.05, 3.63) is 45.9 Å². The van der Waals surface area contributed by atoms with E-state index >= 15 is 0 Å². The van der Waals surface area contributed by atoms with Crippen molar-refractivity contribution in [2.45, 2.75) is 83.9 Å². The molecule has 8 heteroatoms. The normalized spacial score (nSPS) is 23.1. The minimum absolute atomic E-state index is 0.0108. The molecule has 1 saturated heterocycles. The Balaban J connectivity index is 2.25. The summed E-state index contributed by atoms with van der Waals surface area (Å²) in [6, 6.07) is 4.63. The molecule has 3 rings (SSSR count). The molecule has 2 heterocycles. The molecule has 0 radical (unpaired) electrons. The van der Waals surface area contributed by atoms with Crippen LogP contribution in [0.2, 0.25) is 0 Å². The Morgan fingerprint density at radius 3 is 2.37 bits per heavy atom. The summed E-state index contributed by atoms with van der Waals surface area (Å²) in [4.78, 5) is 33.2. The molecule has 0 saturated carbocycles. The summed E-state index contributed by atoms with van der Waals surface area (Å²) in [7, 11) is 1.57. The van der Waals surface area contributed by atoms with Crippen molar-refractivity contribution in [1.82, 2.24) is 9.88 Å². The number of carbonyl (C=O) groups is 2. The second kappa shape index (κ2) is 9.54. The number of carboxylic acid groups (broad SMARTS) is 1. The van der Waals surface area contributed by atoms with Crippen molar-refractivity contribution in [2.24, 2.45) is 11.8 Å². The van der Waals surface area contributed by atoms with Crippen LogP contribution in [-0.2, 0) is 10.2 Å². The van der Waals surface area contributed by atoms with Crippen LogP contribution in [0.5, 0.6) is 5.75 Å². The van der Waals surface area contributed by atoms with Gasteiger partial charge in [-0.2, -0.15) is 0 Å². The molecule has 1 aliphatic rings. The van der Waals surface area contributed by atoms with Crippen LogP contribution in [0.15, 0.2) is 29.8 Å². The molecule has 2 aromatic rings. The topological polar surface area (TPSA) is 100.0 Å². The number of carboxylic acids is 1. The number of hydrogen-bond donors (Lipinski definition) is 2. The zero-order valence-corrected chi connectivity index (χ0v) is 22.8. The summed E-state index contributed by atoms with van der Waals surface area (Å²) >= 11 is 1.37. The average Bonchev–Trinajstić information content (AvgIpc) is 3.38. The molecule has 2 N–H and O–H groups in total. The Morgan fingerprint density at radius 2 is 1.91 bits per heavy atom. The lowest BCUT2D eigenvalue weighted by atomic mass is 9.78. The second-order valence-electron chi connectivity index (χ2n) is 11.6. The highest BCUT2D eigenvalue weighted by atomic mass is 32.1. The van der Waals surface area contributed by atoms with Crippen molar-refractivity contribution >= 4 is 23.2 Å². The largest absolute Gasteiger partial charge is 0.496 e. The van der Waals surface area contributed by atoms with Crippen LogP contribution >= 0.6 is 11.3 Å². The maximum absolute atomic E-state index is 14.3. The Morgan fingerprint density at radius 1 is 1.26 bits per heavy atom. The van der Waals surface area contributed by atoms with Crippen molar-refractivity contribution in [1.29, 1.82) is 0 Å². The molecule has 0 aliphatic carbocycles. The minimum atomic E-state index is -1.48. The van der Waals surface area contributed by atoms with Gasteiger partial charge in [0.1, 0.15) is 16.3 Å². The standard InChI is InChI=1S/C27H38N2O5S/c1-16(2)14-27(24(31)32)15-19(26(6,7)33)21(22-28-11-12-35-22)29(27)23(30)17-9-10-18(25(3,4)5)20(13-17)34-8/h9-13,16,19,21,33H,14-15H2,1-8H3,(H,31,32)/t19-,21-,27-/m1/s1. The van der Waals surface area contributed by atoms with Gasteiger partial charge in [-0.05, 0) is 55.7 Å². The highest BCUT2D eigenvalue weighted by molar-refractivity contribution is 7.09. The lowest BCUT2D eigenvalue weighted by Crippen LogP contribution is -2.54. The zero-order valence-electron chi connectivity index (χ0n) is 22.0. The summed E-state index contributed by atoms with van der Waals surface area (Å²) in [5.41, 5.74) is -1.60. The van der Waals surface area contributed by atoms with E-state index in [0.29, 0.717) is 16.3 Å². The molecule has 1 aromatic carbocycles. The molecule has 1 aromatic heterocycles. The molecular weight excluding hydrogens is 464 g/mol. The van der Waals surface area contributed by atoms with Crippen LogP contribution in [0, 0.1) is 11.8 Å². The Bertz CT molecular complexity index is 1070. The number of benzene rings is 1. The van der Waals surface area contributed by atoms with Crippen LogP contribution in [-0.4, -0.2) is 50.2 Å². The highest BCUT2D eigenvalue weighted by Crippen LogP contribution is 2.54. The number of aromatic nitrogens is 1. The van der Waals surface area contributed by atoms with Gasteiger partial charge in [0.15, 0.2) is 0 Å². The van der Waals surface area contributed by atoms with Gasteiger partial charge in [0.25, 0.3) is 5.91 Å². The summed E-state index contributed by atoms with van der Waals surface area (Å²) < 4.78 is 5.63. The lowest BCUT2D eigenvalue weighted by Gasteiger charge is -2.39. The summed E-state index contributed by atoms with van der Waals surface area (Å²) in [6.07, 6.45) is 2.05. The molecule has 1 aliphatic heterocycles. The summed E-state index contributed by atoms with van der Waals surface area (Å²) in [5.74, 6) is -1.39. The van der Waals surface area contributed by atoms with E-state index in [0.717, 1.165) is 5.56 Å². The molecule has 1 fully saturated rings. The molecular formula is C27H38N2O5S. The SMILES string of the molecule is COc1cc(C(=O)N2[C@@H](c3nccs3)[C@H](C(C)(C)O)C[C@]2(CC(C)C)C(=O)O)ccc1C(C)(C)C. The van der Waals surface area contributed by atoms with Crippen molar-refractivity contribution in [3.63, 3.8) is 0 Å². The van der Waals surface area contributed by atoms with Gasteiger partial charge < -0.3 is 19.8 Å². The predicted molar refractivity (Wildman–Crippen MR) is 137 cm³/mol.